The standard InChI is InChI=1S/C18H13F3O3S/c1-23-14-4-2-3-10(17(14)24-18(20)21)7-11-9-25-15-6-5-12(19)8-13(15)16(11)22/h2-8,18H,9H2,1H3. The molecule has 0 N–H and O–H groups in total. The number of hydrogen-bond acceptors (Lipinski definition) is 4. The highest BCUT2D eigenvalue weighted by Gasteiger charge is 2.24. The van der Waals surface area contributed by atoms with E-state index < -0.39 is 12.4 Å². The van der Waals surface area contributed by atoms with Crippen molar-refractivity contribution >= 4 is 23.6 Å². The van der Waals surface area contributed by atoms with Gasteiger partial charge in [-0.05, 0) is 30.3 Å². The monoisotopic (exact) mass is 366 g/mol. The maximum atomic E-state index is 13.4. The number of carbonyl (C=O) groups excluding carboxylic acids is 1. The fraction of sp³-hybridized carbons (Fsp3) is 0.167. The first-order valence-electron chi connectivity index (χ1n) is 7.29. The summed E-state index contributed by atoms with van der Waals surface area (Å²) in [6.45, 7) is -3.03. The van der Waals surface area contributed by atoms with Crippen LogP contribution < -0.4 is 9.47 Å². The van der Waals surface area contributed by atoms with E-state index in [0.29, 0.717) is 21.8 Å². The molecule has 0 saturated heterocycles. The number of ether oxygens (including phenoxy) is 2. The van der Waals surface area contributed by atoms with E-state index in [9.17, 15) is 18.0 Å². The third-order valence-corrected chi connectivity index (χ3v) is 4.75. The van der Waals surface area contributed by atoms with Gasteiger partial charge >= 0.3 is 6.61 Å². The molecule has 2 aromatic rings. The minimum absolute atomic E-state index is 0.136. The zero-order valence-electron chi connectivity index (χ0n) is 13.1. The van der Waals surface area contributed by atoms with Crippen LogP contribution in [0.2, 0.25) is 0 Å². The Morgan fingerprint density at radius 1 is 1.24 bits per heavy atom. The molecule has 0 aliphatic carbocycles. The number of carbonyl (C=O) groups is 1. The maximum absolute atomic E-state index is 13.4. The van der Waals surface area contributed by atoms with Crippen molar-refractivity contribution in [3.8, 4) is 11.5 Å². The van der Waals surface area contributed by atoms with Crippen LogP contribution in [0.3, 0.4) is 0 Å². The number of benzene rings is 2. The van der Waals surface area contributed by atoms with Crippen LogP contribution in [-0.4, -0.2) is 25.3 Å². The van der Waals surface area contributed by atoms with Gasteiger partial charge in [0, 0.05) is 27.3 Å². The summed E-state index contributed by atoms with van der Waals surface area (Å²) in [4.78, 5) is 13.3. The first-order chi connectivity index (χ1) is 12.0. The smallest absolute Gasteiger partial charge is 0.387 e. The van der Waals surface area contributed by atoms with E-state index in [1.54, 1.807) is 18.2 Å². The van der Waals surface area contributed by atoms with E-state index in [-0.39, 0.29) is 22.8 Å². The Labute approximate surface area is 146 Å². The molecule has 7 heteroatoms. The highest BCUT2D eigenvalue weighted by Crippen LogP contribution is 2.37. The Hall–Kier alpha value is -2.41. The first kappa shape index (κ1) is 17.4. The first-order valence-corrected chi connectivity index (χ1v) is 8.27. The van der Waals surface area contributed by atoms with E-state index in [2.05, 4.69) is 4.74 Å². The topological polar surface area (TPSA) is 35.5 Å². The van der Waals surface area contributed by atoms with E-state index in [1.807, 2.05) is 0 Å². The Balaban J connectivity index is 2.03. The van der Waals surface area contributed by atoms with Crippen molar-refractivity contribution in [2.24, 2.45) is 0 Å². The number of alkyl halides is 2. The lowest BCUT2D eigenvalue weighted by Gasteiger charge is -2.18. The molecule has 0 unspecified atom stereocenters. The minimum atomic E-state index is -3.03. The molecule has 130 valence electrons. The molecule has 3 nitrogen and oxygen atoms in total. The van der Waals surface area contributed by atoms with Gasteiger partial charge in [0.1, 0.15) is 5.82 Å². The lowest BCUT2D eigenvalue weighted by atomic mass is 10.0. The van der Waals surface area contributed by atoms with Gasteiger partial charge in [0.25, 0.3) is 0 Å². The van der Waals surface area contributed by atoms with Crippen molar-refractivity contribution in [3.63, 3.8) is 0 Å². The third-order valence-electron chi connectivity index (χ3n) is 3.63. The molecule has 0 bridgehead atoms. The number of Topliss-reactive ketones (excluding diaryl/α,β-unsaturated/α-hetero) is 1. The number of rotatable bonds is 4. The molecule has 0 saturated carbocycles. The van der Waals surface area contributed by atoms with E-state index >= 15 is 0 Å². The van der Waals surface area contributed by atoms with Crippen LogP contribution in [-0.2, 0) is 0 Å². The van der Waals surface area contributed by atoms with Crippen molar-refractivity contribution in [2.75, 3.05) is 12.9 Å². The molecule has 0 amide bonds. The lowest BCUT2D eigenvalue weighted by Crippen LogP contribution is -2.13. The number of fused-ring (bicyclic) bond motifs is 1. The molecule has 2 aromatic carbocycles. The molecule has 0 aromatic heterocycles. The molecule has 0 fully saturated rings. The summed E-state index contributed by atoms with van der Waals surface area (Å²) in [7, 11) is 1.34. The molecular weight excluding hydrogens is 353 g/mol. The summed E-state index contributed by atoms with van der Waals surface area (Å²) in [5.41, 5.74) is 0.931. The fourth-order valence-electron chi connectivity index (χ4n) is 2.52. The van der Waals surface area contributed by atoms with Gasteiger partial charge in [-0.25, -0.2) is 4.39 Å². The summed E-state index contributed by atoms with van der Waals surface area (Å²) >= 11 is 1.38. The van der Waals surface area contributed by atoms with Gasteiger partial charge < -0.3 is 9.47 Å². The van der Waals surface area contributed by atoms with Crippen LogP contribution in [0.4, 0.5) is 13.2 Å². The van der Waals surface area contributed by atoms with E-state index in [1.165, 1.54) is 43.1 Å². The van der Waals surface area contributed by atoms with Crippen LogP contribution in [0.5, 0.6) is 11.5 Å². The van der Waals surface area contributed by atoms with Crippen molar-refractivity contribution < 1.29 is 27.4 Å². The van der Waals surface area contributed by atoms with Crippen LogP contribution in [0.1, 0.15) is 15.9 Å². The van der Waals surface area contributed by atoms with Gasteiger partial charge in [-0.3, -0.25) is 4.79 Å². The van der Waals surface area contributed by atoms with Crippen LogP contribution >= 0.6 is 11.8 Å². The highest BCUT2D eigenvalue weighted by atomic mass is 32.2. The number of methoxy groups -OCH3 is 1. The molecule has 1 heterocycles. The minimum Gasteiger partial charge on any atom is -0.493 e. The number of halogens is 3. The second-order valence-electron chi connectivity index (χ2n) is 5.18. The Morgan fingerprint density at radius 2 is 2.04 bits per heavy atom. The van der Waals surface area contributed by atoms with Crippen LogP contribution in [0.15, 0.2) is 46.9 Å². The lowest BCUT2D eigenvalue weighted by molar-refractivity contribution is -0.0513. The van der Waals surface area contributed by atoms with Gasteiger partial charge in [-0.2, -0.15) is 8.78 Å². The van der Waals surface area contributed by atoms with Gasteiger partial charge in [0.2, 0.25) is 0 Å². The highest BCUT2D eigenvalue weighted by molar-refractivity contribution is 7.99. The Bertz CT molecular complexity index is 849. The van der Waals surface area contributed by atoms with Crippen molar-refractivity contribution in [1.29, 1.82) is 0 Å². The SMILES string of the molecule is COc1cccc(C=C2CSc3ccc(F)cc3C2=O)c1OC(F)F. The molecule has 0 atom stereocenters. The summed E-state index contributed by atoms with van der Waals surface area (Å²) < 4.78 is 48.4. The maximum Gasteiger partial charge on any atom is 0.387 e. The second kappa shape index (κ2) is 7.23. The number of thioether (sulfide) groups is 1. The zero-order chi connectivity index (χ0) is 18.0. The summed E-state index contributed by atoms with van der Waals surface area (Å²) in [6.07, 6.45) is 1.48. The predicted octanol–water partition coefficient (Wildman–Crippen LogP) is 4.81. The van der Waals surface area contributed by atoms with Crippen molar-refractivity contribution in [3.05, 3.63) is 58.9 Å². The van der Waals surface area contributed by atoms with Crippen molar-refractivity contribution in [2.45, 2.75) is 11.5 Å². The second-order valence-corrected chi connectivity index (χ2v) is 6.20. The summed E-state index contributed by atoms with van der Waals surface area (Å²) in [5, 5.41) is 0. The fourth-order valence-corrected chi connectivity index (χ4v) is 3.51. The van der Waals surface area contributed by atoms with E-state index in [0.717, 1.165) is 0 Å². The third kappa shape index (κ3) is 3.66. The zero-order valence-corrected chi connectivity index (χ0v) is 13.9. The normalized spacial score (nSPS) is 15.4. The van der Waals surface area contributed by atoms with E-state index in [4.69, 9.17) is 4.74 Å². The van der Waals surface area contributed by atoms with Gasteiger partial charge in [-0.15, -0.1) is 11.8 Å². The molecular formula is C18H13F3O3S. The Morgan fingerprint density at radius 3 is 2.76 bits per heavy atom. The van der Waals surface area contributed by atoms with Crippen LogP contribution in [0, 0.1) is 5.82 Å². The molecule has 0 radical (unpaired) electrons. The van der Waals surface area contributed by atoms with Gasteiger partial charge in [0.15, 0.2) is 17.3 Å². The molecule has 0 spiro atoms. The van der Waals surface area contributed by atoms with Gasteiger partial charge in [-0.1, -0.05) is 12.1 Å². The van der Waals surface area contributed by atoms with Crippen LogP contribution in [0.25, 0.3) is 6.08 Å². The average molecular weight is 366 g/mol. The Kier molecular flexibility index (Phi) is 5.03. The summed E-state index contributed by atoms with van der Waals surface area (Å²) in [5.74, 6) is -0.494. The summed E-state index contributed by atoms with van der Waals surface area (Å²) in [6, 6.07) is 8.68. The largest absolute Gasteiger partial charge is 0.493 e. The molecule has 3 rings (SSSR count). The predicted molar refractivity (Wildman–Crippen MR) is 89.1 cm³/mol. The number of ketones is 1. The van der Waals surface area contributed by atoms with Gasteiger partial charge in [0.05, 0.1) is 7.11 Å². The number of hydrogen-bond donors (Lipinski definition) is 0. The number of para-hydroxylation sites is 1. The van der Waals surface area contributed by atoms with Crippen molar-refractivity contribution in [1.82, 2.24) is 0 Å². The average Bonchev–Trinajstić information content (AvgIpc) is 2.58. The molecule has 25 heavy (non-hydrogen) atoms. The quantitative estimate of drug-likeness (QED) is 0.728. The molecule has 1 aliphatic rings. The molecule has 1 aliphatic heterocycles.